The molecule has 0 radical (unpaired) electrons. The summed E-state index contributed by atoms with van der Waals surface area (Å²) >= 11 is 6.51. The molecule has 12 heteroatoms. The minimum absolute atomic E-state index is 0.208. The fourth-order valence-electron chi connectivity index (χ4n) is 3.53. The third-order valence-corrected chi connectivity index (χ3v) is 6.78. The molecule has 0 fully saturated rings. The average molecular weight is 535 g/mol. The van der Waals surface area contributed by atoms with Crippen molar-refractivity contribution in [3.05, 3.63) is 83.6 Å². The summed E-state index contributed by atoms with van der Waals surface area (Å²) in [5.41, 5.74) is 1.97. The first kappa shape index (κ1) is 24.3. The predicted molar refractivity (Wildman–Crippen MR) is 138 cm³/mol. The Bertz CT molecular complexity index is 1710. The fraction of sp³-hybridized carbons (Fsp3) is 0.0800. The van der Waals surface area contributed by atoms with Crippen molar-refractivity contribution in [2.75, 3.05) is 13.4 Å². The number of hydrogen-bond acceptors (Lipinski definition) is 9. The molecule has 37 heavy (non-hydrogen) atoms. The van der Waals surface area contributed by atoms with Crippen molar-refractivity contribution in [1.29, 1.82) is 0 Å². The summed E-state index contributed by atoms with van der Waals surface area (Å²) in [4.78, 5) is 4.28. The lowest BCUT2D eigenvalue weighted by Gasteiger charge is -2.11. The molecule has 3 heterocycles. The highest BCUT2D eigenvalue weighted by atomic mass is 35.5. The normalized spacial score (nSPS) is 11.8. The molecule has 0 atom stereocenters. The second kappa shape index (κ2) is 9.96. The van der Waals surface area contributed by atoms with Crippen LogP contribution in [-0.4, -0.2) is 51.7 Å². The number of ether oxygens (including phenoxy) is 1. The van der Waals surface area contributed by atoms with Crippen LogP contribution in [0.1, 0.15) is 11.7 Å². The molecule has 0 aliphatic heterocycles. The summed E-state index contributed by atoms with van der Waals surface area (Å²) in [6.07, 6.45) is 6.03. The Balaban J connectivity index is 1.53. The number of rotatable bonds is 7. The quantitative estimate of drug-likeness (QED) is 0.294. The van der Waals surface area contributed by atoms with E-state index in [1.165, 1.54) is 19.2 Å². The van der Waals surface area contributed by atoms with Gasteiger partial charge in [-0.2, -0.15) is 0 Å². The number of halogens is 1. The van der Waals surface area contributed by atoms with E-state index in [1.54, 1.807) is 53.2 Å². The molecule has 0 aliphatic rings. The summed E-state index contributed by atoms with van der Waals surface area (Å²) < 4.78 is 36.4. The van der Waals surface area contributed by atoms with Gasteiger partial charge in [0.05, 0.1) is 22.7 Å². The SMILES string of the molecule is COc1cc(-c2nnc(C=Cc3nnc(-c4ccc(S(C)(=O)=O)cc4)n3-c3ccccc3Cl)o2)ccn1. The number of pyridine rings is 1. The third-order valence-electron chi connectivity index (χ3n) is 5.33. The Morgan fingerprint density at radius 1 is 0.946 bits per heavy atom. The minimum atomic E-state index is -3.34. The zero-order valence-corrected chi connectivity index (χ0v) is 21.2. The fourth-order valence-corrected chi connectivity index (χ4v) is 4.38. The van der Waals surface area contributed by atoms with Crippen LogP contribution in [0.5, 0.6) is 5.88 Å². The van der Waals surface area contributed by atoms with Crippen molar-refractivity contribution in [1.82, 2.24) is 29.9 Å². The van der Waals surface area contributed by atoms with Crippen LogP contribution in [0.25, 0.3) is 40.7 Å². The second-order valence-corrected chi connectivity index (χ2v) is 10.3. The highest BCUT2D eigenvalue weighted by Gasteiger charge is 2.17. The number of nitrogens with zero attached hydrogens (tertiary/aromatic N) is 6. The van der Waals surface area contributed by atoms with Gasteiger partial charge in [-0.25, -0.2) is 13.4 Å². The lowest BCUT2D eigenvalue weighted by Crippen LogP contribution is -2.01. The first-order chi connectivity index (χ1) is 17.8. The van der Waals surface area contributed by atoms with Crippen molar-refractivity contribution in [3.8, 4) is 34.4 Å². The first-order valence-corrected chi connectivity index (χ1v) is 13.1. The number of methoxy groups -OCH3 is 1. The molecule has 0 spiro atoms. The summed E-state index contributed by atoms with van der Waals surface area (Å²) in [5, 5.41) is 17.3. The van der Waals surface area contributed by atoms with E-state index in [4.69, 9.17) is 20.8 Å². The molecule has 0 saturated carbocycles. The second-order valence-electron chi connectivity index (χ2n) is 7.83. The smallest absolute Gasteiger partial charge is 0.248 e. The van der Waals surface area contributed by atoms with Gasteiger partial charge >= 0.3 is 0 Å². The van der Waals surface area contributed by atoms with Gasteiger partial charge in [-0.1, -0.05) is 23.7 Å². The Hall–Kier alpha value is -4.35. The van der Waals surface area contributed by atoms with Gasteiger partial charge in [-0.05, 0) is 48.5 Å². The van der Waals surface area contributed by atoms with Crippen LogP contribution < -0.4 is 4.74 Å². The summed E-state index contributed by atoms with van der Waals surface area (Å²) in [6, 6.07) is 17.1. The lowest BCUT2D eigenvalue weighted by molar-refractivity contribution is 0.398. The lowest BCUT2D eigenvalue weighted by atomic mass is 10.2. The number of para-hydroxylation sites is 1. The molecule has 186 valence electrons. The number of sulfone groups is 1. The van der Waals surface area contributed by atoms with Gasteiger partial charge in [0, 0.05) is 35.7 Å². The van der Waals surface area contributed by atoms with E-state index in [-0.39, 0.29) is 10.8 Å². The molecule has 0 saturated heterocycles. The highest BCUT2D eigenvalue weighted by molar-refractivity contribution is 7.90. The molecule has 3 aromatic heterocycles. The van der Waals surface area contributed by atoms with Crippen LogP contribution in [0.2, 0.25) is 5.02 Å². The van der Waals surface area contributed by atoms with Crippen molar-refractivity contribution < 1.29 is 17.6 Å². The Kier molecular flexibility index (Phi) is 6.55. The van der Waals surface area contributed by atoms with E-state index in [0.29, 0.717) is 45.3 Å². The maximum absolute atomic E-state index is 11.9. The summed E-state index contributed by atoms with van der Waals surface area (Å²) in [7, 11) is -1.81. The molecule has 0 N–H and O–H groups in total. The van der Waals surface area contributed by atoms with Crippen molar-refractivity contribution in [2.45, 2.75) is 4.90 Å². The molecule has 0 amide bonds. The Morgan fingerprint density at radius 2 is 1.73 bits per heavy atom. The van der Waals surface area contributed by atoms with Crippen LogP contribution in [0.4, 0.5) is 0 Å². The Labute approximate surface area is 217 Å². The van der Waals surface area contributed by atoms with E-state index >= 15 is 0 Å². The van der Waals surface area contributed by atoms with E-state index in [2.05, 4.69) is 25.4 Å². The van der Waals surface area contributed by atoms with Crippen molar-refractivity contribution >= 4 is 33.6 Å². The summed E-state index contributed by atoms with van der Waals surface area (Å²) in [6.45, 7) is 0. The van der Waals surface area contributed by atoms with Gasteiger partial charge in [0.15, 0.2) is 21.5 Å². The molecule has 5 rings (SSSR count). The Morgan fingerprint density at radius 3 is 2.46 bits per heavy atom. The van der Waals surface area contributed by atoms with Crippen molar-refractivity contribution in [2.24, 2.45) is 0 Å². The van der Waals surface area contributed by atoms with Crippen LogP contribution in [0, 0.1) is 0 Å². The van der Waals surface area contributed by atoms with Gasteiger partial charge < -0.3 is 9.15 Å². The first-order valence-electron chi connectivity index (χ1n) is 10.9. The monoisotopic (exact) mass is 534 g/mol. The highest BCUT2D eigenvalue weighted by Crippen LogP contribution is 2.29. The minimum Gasteiger partial charge on any atom is -0.481 e. The van der Waals surface area contributed by atoms with E-state index in [1.807, 2.05) is 18.2 Å². The van der Waals surface area contributed by atoms with Gasteiger partial charge in [0.1, 0.15) is 0 Å². The van der Waals surface area contributed by atoms with Gasteiger partial charge in [0.2, 0.25) is 17.7 Å². The molecule has 5 aromatic rings. The van der Waals surface area contributed by atoms with Crippen LogP contribution in [0.15, 0.2) is 76.2 Å². The van der Waals surface area contributed by atoms with Crippen LogP contribution >= 0.6 is 11.6 Å². The maximum atomic E-state index is 11.9. The van der Waals surface area contributed by atoms with Gasteiger partial charge in [0.25, 0.3) is 0 Å². The van der Waals surface area contributed by atoms with Crippen LogP contribution in [0.3, 0.4) is 0 Å². The molecule has 0 aliphatic carbocycles. The topological polar surface area (TPSA) is 126 Å². The molecule has 0 unspecified atom stereocenters. The number of benzene rings is 2. The number of hydrogen-bond donors (Lipinski definition) is 0. The zero-order chi connectivity index (χ0) is 26.0. The van der Waals surface area contributed by atoms with Gasteiger partial charge in [-0.15, -0.1) is 20.4 Å². The molecular formula is C25H19ClN6O4S. The van der Waals surface area contributed by atoms with Crippen molar-refractivity contribution in [3.63, 3.8) is 0 Å². The predicted octanol–water partition coefficient (Wildman–Crippen LogP) is 4.62. The molecule has 0 bridgehead atoms. The molecular weight excluding hydrogens is 516 g/mol. The zero-order valence-electron chi connectivity index (χ0n) is 19.6. The average Bonchev–Trinajstić information content (AvgIpc) is 3.55. The summed E-state index contributed by atoms with van der Waals surface area (Å²) in [5.74, 6) is 1.90. The molecule has 10 nitrogen and oxygen atoms in total. The maximum Gasteiger partial charge on any atom is 0.248 e. The molecule has 2 aromatic carbocycles. The standard InChI is InChI=1S/C25H19ClN6O4S/c1-35-23-15-17(13-14-27-23)25-31-29-22(36-25)12-11-21-28-30-24(32(21)20-6-4-3-5-19(20)26)16-7-9-18(10-8-16)37(2,33)34/h3-15H,1-2H3. The number of aromatic nitrogens is 6. The van der Waals surface area contributed by atoms with Gasteiger partial charge in [-0.3, -0.25) is 4.57 Å². The largest absolute Gasteiger partial charge is 0.481 e. The van der Waals surface area contributed by atoms with E-state index in [9.17, 15) is 8.42 Å². The van der Waals surface area contributed by atoms with Crippen LogP contribution in [-0.2, 0) is 9.84 Å². The van der Waals surface area contributed by atoms with E-state index < -0.39 is 9.84 Å². The van der Waals surface area contributed by atoms with E-state index in [0.717, 1.165) is 6.26 Å². The third kappa shape index (κ3) is 5.13.